The standard InChI is InChI=1S/C23H31N3O/c1-4-25(17-23(27)24-21-12-10-18(2)11-13-21)22-14-15-26(16-22)19(3)20-8-6-5-7-9-20/h5-13,19,22H,4,14-17H2,1-3H3,(H,24,27). The first kappa shape index (κ1) is 19.6. The van der Waals surface area contributed by atoms with Gasteiger partial charge in [-0.05, 0) is 44.5 Å². The molecule has 2 atom stereocenters. The van der Waals surface area contributed by atoms with Crippen LogP contribution in [0.25, 0.3) is 0 Å². The van der Waals surface area contributed by atoms with Crippen LogP contribution in [0.4, 0.5) is 5.69 Å². The van der Waals surface area contributed by atoms with Gasteiger partial charge in [0, 0.05) is 30.9 Å². The maximum atomic E-state index is 12.5. The molecule has 1 heterocycles. The number of amides is 1. The van der Waals surface area contributed by atoms with E-state index in [9.17, 15) is 4.79 Å². The highest BCUT2D eigenvalue weighted by Gasteiger charge is 2.30. The van der Waals surface area contributed by atoms with E-state index in [0.29, 0.717) is 18.6 Å². The third-order valence-electron chi connectivity index (χ3n) is 5.63. The van der Waals surface area contributed by atoms with Gasteiger partial charge in [0.2, 0.25) is 5.91 Å². The molecule has 0 aromatic heterocycles. The summed E-state index contributed by atoms with van der Waals surface area (Å²) in [5.74, 6) is 0.0651. The van der Waals surface area contributed by atoms with E-state index < -0.39 is 0 Å². The van der Waals surface area contributed by atoms with Crippen molar-refractivity contribution in [1.82, 2.24) is 9.80 Å². The van der Waals surface area contributed by atoms with E-state index in [1.165, 1.54) is 11.1 Å². The number of rotatable bonds is 7. The number of carbonyl (C=O) groups is 1. The Labute approximate surface area is 163 Å². The van der Waals surface area contributed by atoms with Gasteiger partial charge in [-0.3, -0.25) is 14.6 Å². The normalized spacial score (nSPS) is 18.6. The molecular weight excluding hydrogens is 334 g/mol. The molecule has 3 rings (SSSR count). The van der Waals surface area contributed by atoms with Crippen molar-refractivity contribution in [3.63, 3.8) is 0 Å². The van der Waals surface area contributed by atoms with Crippen molar-refractivity contribution in [1.29, 1.82) is 0 Å². The highest BCUT2D eigenvalue weighted by Crippen LogP contribution is 2.26. The summed E-state index contributed by atoms with van der Waals surface area (Å²) in [5, 5.41) is 3.02. The Hall–Kier alpha value is -2.17. The van der Waals surface area contributed by atoms with E-state index in [2.05, 4.69) is 59.3 Å². The Morgan fingerprint density at radius 3 is 2.56 bits per heavy atom. The molecule has 1 amide bonds. The fourth-order valence-electron chi connectivity index (χ4n) is 3.88. The Balaban J connectivity index is 1.54. The fraction of sp³-hybridized carbons (Fsp3) is 0.435. The lowest BCUT2D eigenvalue weighted by Gasteiger charge is -2.29. The molecule has 2 aromatic carbocycles. The molecule has 2 unspecified atom stereocenters. The molecule has 0 bridgehead atoms. The SMILES string of the molecule is CCN(CC(=O)Nc1ccc(C)cc1)C1CCN(C(C)c2ccccc2)C1. The van der Waals surface area contributed by atoms with Gasteiger partial charge in [-0.15, -0.1) is 0 Å². The van der Waals surface area contributed by atoms with Gasteiger partial charge in [-0.2, -0.15) is 0 Å². The largest absolute Gasteiger partial charge is 0.325 e. The summed E-state index contributed by atoms with van der Waals surface area (Å²) in [4.78, 5) is 17.3. The summed E-state index contributed by atoms with van der Waals surface area (Å²) in [6.07, 6.45) is 1.11. The lowest BCUT2D eigenvalue weighted by Crippen LogP contribution is -2.42. The number of anilines is 1. The van der Waals surface area contributed by atoms with E-state index in [0.717, 1.165) is 31.7 Å². The fourth-order valence-corrected chi connectivity index (χ4v) is 3.88. The Morgan fingerprint density at radius 2 is 1.89 bits per heavy atom. The molecule has 27 heavy (non-hydrogen) atoms. The minimum atomic E-state index is 0.0651. The molecule has 1 aliphatic heterocycles. The zero-order valence-electron chi connectivity index (χ0n) is 16.7. The van der Waals surface area contributed by atoms with Gasteiger partial charge in [0.25, 0.3) is 0 Å². The van der Waals surface area contributed by atoms with Gasteiger partial charge >= 0.3 is 0 Å². The Kier molecular flexibility index (Phi) is 6.64. The predicted molar refractivity (Wildman–Crippen MR) is 112 cm³/mol. The van der Waals surface area contributed by atoms with Crippen molar-refractivity contribution in [3.8, 4) is 0 Å². The van der Waals surface area contributed by atoms with E-state index in [1.54, 1.807) is 0 Å². The number of likely N-dealkylation sites (N-methyl/N-ethyl adjacent to an activating group) is 1. The van der Waals surface area contributed by atoms with Gasteiger partial charge < -0.3 is 5.32 Å². The molecule has 0 spiro atoms. The number of carbonyl (C=O) groups excluding carboxylic acids is 1. The summed E-state index contributed by atoms with van der Waals surface area (Å²) >= 11 is 0. The quantitative estimate of drug-likeness (QED) is 0.803. The first-order valence-corrected chi connectivity index (χ1v) is 9.96. The zero-order chi connectivity index (χ0) is 19.2. The monoisotopic (exact) mass is 365 g/mol. The molecule has 4 heteroatoms. The summed E-state index contributed by atoms with van der Waals surface area (Å²) in [6, 6.07) is 19.5. The number of hydrogen-bond acceptors (Lipinski definition) is 3. The summed E-state index contributed by atoms with van der Waals surface area (Å²) in [7, 11) is 0. The van der Waals surface area contributed by atoms with Crippen LogP contribution in [-0.4, -0.2) is 47.9 Å². The van der Waals surface area contributed by atoms with Crippen molar-refractivity contribution in [2.45, 2.75) is 39.3 Å². The molecule has 0 aliphatic carbocycles. The lowest BCUT2D eigenvalue weighted by molar-refractivity contribution is -0.117. The van der Waals surface area contributed by atoms with Crippen molar-refractivity contribution in [2.24, 2.45) is 0 Å². The van der Waals surface area contributed by atoms with Crippen LogP contribution in [0, 0.1) is 6.92 Å². The van der Waals surface area contributed by atoms with Crippen LogP contribution in [0.5, 0.6) is 0 Å². The molecule has 1 saturated heterocycles. The molecule has 0 radical (unpaired) electrons. The van der Waals surface area contributed by atoms with Gasteiger partial charge in [0.05, 0.1) is 6.54 Å². The average Bonchev–Trinajstić information content (AvgIpc) is 3.18. The van der Waals surface area contributed by atoms with Crippen LogP contribution in [0.2, 0.25) is 0 Å². The van der Waals surface area contributed by atoms with Crippen LogP contribution in [0.1, 0.15) is 37.4 Å². The summed E-state index contributed by atoms with van der Waals surface area (Å²) in [5.41, 5.74) is 3.42. The first-order valence-electron chi connectivity index (χ1n) is 9.96. The minimum Gasteiger partial charge on any atom is -0.325 e. The molecule has 144 valence electrons. The lowest BCUT2D eigenvalue weighted by atomic mass is 10.1. The maximum absolute atomic E-state index is 12.5. The molecule has 4 nitrogen and oxygen atoms in total. The topological polar surface area (TPSA) is 35.6 Å². The molecule has 2 aromatic rings. The predicted octanol–water partition coefficient (Wildman–Crippen LogP) is 4.09. The third-order valence-corrected chi connectivity index (χ3v) is 5.63. The van der Waals surface area contributed by atoms with Crippen LogP contribution in [-0.2, 0) is 4.79 Å². The van der Waals surface area contributed by atoms with E-state index in [1.807, 2.05) is 31.2 Å². The second kappa shape index (κ2) is 9.16. The number of aryl methyl sites for hydroxylation is 1. The molecule has 1 fully saturated rings. The third kappa shape index (κ3) is 5.18. The van der Waals surface area contributed by atoms with Gasteiger partial charge in [-0.1, -0.05) is 55.0 Å². The smallest absolute Gasteiger partial charge is 0.238 e. The highest BCUT2D eigenvalue weighted by atomic mass is 16.2. The second-order valence-electron chi connectivity index (χ2n) is 7.50. The molecule has 0 saturated carbocycles. The van der Waals surface area contributed by atoms with Gasteiger partial charge in [0.1, 0.15) is 0 Å². The van der Waals surface area contributed by atoms with E-state index in [4.69, 9.17) is 0 Å². The number of likely N-dealkylation sites (tertiary alicyclic amines) is 1. The highest BCUT2D eigenvalue weighted by molar-refractivity contribution is 5.92. The maximum Gasteiger partial charge on any atom is 0.238 e. The molecule has 1 aliphatic rings. The minimum absolute atomic E-state index is 0.0651. The van der Waals surface area contributed by atoms with Crippen LogP contribution >= 0.6 is 0 Å². The summed E-state index contributed by atoms with van der Waals surface area (Å²) < 4.78 is 0. The Morgan fingerprint density at radius 1 is 1.19 bits per heavy atom. The first-order chi connectivity index (χ1) is 13.1. The Bertz CT molecular complexity index is 729. The van der Waals surface area contributed by atoms with Crippen molar-refractivity contribution >= 4 is 11.6 Å². The van der Waals surface area contributed by atoms with Gasteiger partial charge in [0.15, 0.2) is 0 Å². The number of hydrogen-bond donors (Lipinski definition) is 1. The van der Waals surface area contributed by atoms with Crippen LogP contribution < -0.4 is 5.32 Å². The van der Waals surface area contributed by atoms with E-state index in [-0.39, 0.29) is 5.91 Å². The van der Waals surface area contributed by atoms with Gasteiger partial charge in [-0.25, -0.2) is 0 Å². The van der Waals surface area contributed by atoms with E-state index >= 15 is 0 Å². The second-order valence-corrected chi connectivity index (χ2v) is 7.50. The van der Waals surface area contributed by atoms with Crippen LogP contribution in [0.3, 0.4) is 0 Å². The van der Waals surface area contributed by atoms with Crippen molar-refractivity contribution in [2.75, 3.05) is 31.5 Å². The summed E-state index contributed by atoms with van der Waals surface area (Å²) in [6.45, 7) is 9.90. The van der Waals surface area contributed by atoms with Crippen LogP contribution in [0.15, 0.2) is 54.6 Å². The number of nitrogens with zero attached hydrogens (tertiary/aromatic N) is 2. The van der Waals surface area contributed by atoms with Crippen molar-refractivity contribution < 1.29 is 4.79 Å². The molecule has 1 N–H and O–H groups in total. The number of benzene rings is 2. The molecular formula is C23H31N3O. The average molecular weight is 366 g/mol. The zero-order valence-corrected chi connectivity index (χ0v) is 16.7. The van der Waals surface area contributed by atoms with Crippen molar-refractivity contribution in [3.05, 3.63) is 65.7 Å². The number of nitrogens with one attached hydrogen (secondary N) is 1.